The first-order chi connectivity index (χ1) is 7.37. The molecule has 0 spiro atoms. The highest BCUT2D eigenvalue weighted by atomic mass is 16.3. The standard InChI is InChI=1S/C13H28N2O/c1-10(2)12-6-5-7-15(12)11(3)8-13(4,14)9-16/h10-12,16H,5-9,14H2,1-4H3. The number of aliphatic hydroxyl groups excluding tert-OH is 1. The average molecular weight is 228 g/mol. The van der Waals surface area contributed by atoms with Gasteiger partial charge in [0.2, 0.25) is 0 Å². The molecule has 1 heterocycles. The first-order valence-corrected chi connectivity index (χ1v) is 6.53. The van der Waals surface area contributed by atoms with Gasteiger partial charge in [-0.1, -0.05) is 13.8 Å². The summed E-state index contributed by atoms with van der Waals surface area (Å²) in [7, 11) is 0. The van der Waals surface area contributed by atoms with E-state index in [9.17, 15) is 5.11 Å². The number of nitrogens with zero attached hydrogens (tertiary/aromatic N) is 1. The Hall–Kier alpha value is -0.120. The minimum absolute atomic E-state index is 0.0670. The summed E-state index contributed by atoms with van der Waals surface area (Å²) in [4.78, 5) is 2.57. The molecule has 0 saturated carbocycles. The lowest BCUT2D eigenvalue weighted by atomic mass is 9.93. The molecule has 3 heteroatoms. The smallest absolute Gasteiger partial charge is 0.0609 e. The van der Waals surface area contributed by atoms with Crippen molar-refractivity contribution in [1.82, 2.24) is 4.90 Å². The molecule has 16 heavy (non-hydrogen) atoms. The summed E-state index contributed by atoms with van der Waals surface area (Å²) >= 11 is 0. The van der Waals surface area contributed by atoms with Crippen molar-refractivity contribution in [2.24, 2.45) is 11.7 Å². The summed E-state index contributed by atoms with van der Waals surface area (Å²) in [5, 5.41) is 9.22. The summed E-state index contributed by atoms with van der Waals surface area (Å²) in [6, 6.07) is 1.17. The van der Waals surface area contributed by atoms with E-state index in [0.29, 0.717) is 18.0 Å². The van der Waals surface area contributed by atoms with Crippen molar-refractivity contribution in [2.75, 3.05) is 13.2 Å². The molecule has 1 saturated heterocycles. The lowest BCUT2D eigenvalue weighted by molar-refractivity contribution is 0.111. The Morgan fingerprint density at radius 3 is 2.56 bits per heavy atom. The topological polar surface area (TPSA) is 49.5 Å². The van der Waals surface area contributed by atoms with E-state index in [4.69, 9.17) is 5.73 Å². The molecule has 1 fully saturated rings. The number of hydrogen-bond acceptors (Lipinski definition) is 3. The third-order valence-electron chi connectivity index (χ3n) is 3.80. The molecule has 3 unspecified atom stereocenters. The zero-order valence-corrected chi connectivity index (χ0v) is 11.2. The van der Waals surface area contributed by atoms with Crippen LogP contribution in [0.3, 0.4) is 0 Å². The van der Waals surface area contributed by atoms with Crippen LogP contribution in [0.15, 0.2) is 0 Å². The Morgan fingerprint density at radius 2 is 2.06 bits per heavy atom. The van der Waals surface area contributed by atoms with E-state index in [1.807, 2.05) is 6.92 Å². The highest BCUT2D eigenvalue weighted by Gasteiger charge is 2.33. The number of hydrogen-bond donors (Lipinski definition) is 2. The molecule has 1 rings (SSSR count). The lowest BCUT2D eigenvalue weighted by Crippen LogP contribution is -2.49. The second kappa shape index (κ2) is 5.48. The Labute approximate surface area is 100 Å². The van der Waals surface area contributed by atoms with E-state index < -0.39 is 5.54 Å². The van der Waals surface area contributed by atoms with Gasteiger partial charge in [-0.3, -0.25) is 4.90 Å². The zero-order chi connectivity index (χ0) is 12.3. The Morgan fingerprint density at radius 1 is 1.44 bits per heavy atom. The van der Waals surface area contributed by atoms with Gasteiger partial charge >= 0.3 is 0 Å². The molecule has 0 radical (unpaired) electrons. The van der Waals surface area contributed by atoms with Crippen LogP contribution in [0.4, 0.5) is 0 Å². The van der Waals surface area contributed by atoms with E-state index in [-0.39, 0.29) is 6.61 Å². The van der Waals surface area contributed by atoms with Gasteiger partial charge in [-0.05, 0) is 45.6 Å². The molecule has 3 nitrogen and oxygen atoms in total. The summed E-state index contributed by atoms with van der Waals surface area (Å²) < 4.78 is 0. The third kappa shape index (κ3) is 3.44. The van der Waals surface area contributed by atoms with Crippen LogP contribution in [-0.2, 0) is 0 Å². The quantitative estimate of drug-likeness (QED) is 0.751. The van der Waals surface area contributed by atoms with Gasteiger partial charge in [-0.25, -0.2) is 0 Å². The lowest BCUT2D eigenvalue weighted by Gasteiger charge is -2.36. The molecule has 1 aliphatic heterocycles. The Balaban J connectivity index is 2.56. The first kappa shape index (κ1) is 13.9. The molecular formula is C13H28N2O. The van der Waals surface area contributed by atoms with Gasteiger partial charge in [0.1, 0.15) is 0 Å². The van der Waals surface area contributed by atoms with E-state index >= 15 is 0 Å². The molecule has 0 aliphatic carbocycles. The highest BCUT2D eigenvalue weighted by molar-refractivity contribution is 4.89. The fourth-order valence-corrected chi connectivity index (χ4v) is 2.93. The molecule has 0 aromatic rings. The van der Waals surface area contributed by atoms with Crippen molar-refractivity contribution >= 4 is 0 Å². The van der Waals surface area contributed by atoms with Gasteiger partial charge < -0.3 is 10.8 Å². The van der Waals surface area contributed by atoms with Crippen LogP contribution in [0.5, 0.6) is 0 Å². The minimum Gasteiger partial charge on any atom is -0.394 e. The van der Waals surface area contributed by atoms with Crippen molar-refractivity contribution < 1.29 is 5.11 Å². The zero-order valence-electron chi connectivity index (χ0n) is 11.2. The number of nitrogens with two attached hydrogens (primary N) is 1. The minimum atomic E-state index is -0.441. The number of rotatable bonds is 5. The first-order valence-electron chi connectivity index (χ1n) is 6.53. The molecule has 1 aliphatic rings. The monoisotopic (exact) mass is 228 g/mol. The van der Waals surface area contributed by atoms with Gasteiger partial charge in [-0.2, -0.15) is 0 Å². The maximum Gasteiger partial charge on any atom is 0.0609 e. The van der Waals surface area contributed by atoms with Crippen LogP contribution < -0.4 is 5.73 Å². The molecular weight excluding hydrogens is 200 g/mol. The van der Waals surface area contributed by atoms with Gasteiger partial charge in [0.15, 0.2) is 0 Å². The predicted molar refractivity (Wildman–Crippen MR) is 68.3 cm³/mol. The van der Waals surface area contributed by atoms with Crippen LogP contribution in [0.1, 0.15) is 47.0 Å². The van der Waals surface area contributed by atoms with Crippen molar-refractivity contribution in [2.45, 2.75) is 64.6 Å². The molecule has 0 aromatic carbocycles. The van der Waals surface area contributed by atoms with E-state index in [2.05, 4.69) is 25.7 Å². The average Bonchev–Trinajstić information content (AvgIpc) is 2.65. The van der Waals surface area contributed by atoms with Crippen molar-refractivity contribution in [3.8, 4) is 0 Å². The van der Waals surface area contributed by atoms with Crippen LogP contribution >= 0.6 is 0 Å². The Kier molecular flexibility index (Phi) is 4.77. The van der Waals surface area contributed by atoms with Crippen LogP contribution in [0, 0.1) is 5.92 Å². The van der Waals surface area contributed by atoms with Gasteiger partial charge in [0.05, 0.1) is 6.61 Å². The van der Waals surface area contributed by atoms with Crippen LogP contribution in [0.25, 0.3) is 0 Å². The van der Waals surface area contributed by atoms with E-state index in [0.717, 1.165) is 6.42 Å². The molecule has 3 N–H and O–H groups in total. The second-order valence-electron chi connectivity index (χ2n) is 6.06. The largest absolute Gasteiger partial charge is 0.394 e. The van der Waals surface area contributed by atoms with Crippen molar-refractivity contribution in [3.05, 3.63) is 0 Å². The number of aliphatic hydroxyl groups is 1. The third-order valence-corrected chi connectivity index (χ3v) is 3.80. The fourth-order valence-electron chi connectivity index (χ4n) is 2.93. The molecule has 3 atom stereocenters. The summed E-state index contributed by atoms with van der Waals surface area (Å²) in [6.07, 6.45) is 3.47. The predicted octanol–water partition coefficient (Wildman–Crippen LogP) is 1.60. The maximum absolute atomic E-state index is 9.22. The molecule has 96 valence electrons. The van der Waals surface area contributed by atoms with E-state index in [1.54, 1.807) is 0 Å². The van der Waals surface area contributed by atoms with Crippen LogP contribution in [0.2, 0.25) is 0 Å². The molecule has 0 amide bonds. The van der Waals surface area contributed by atoms with Crippen molar-refractivity contribution in [3.63, 3.8) is 0 Å². The van der Waals surface area contributed by atoms with Gasteiger partial charge in [0, 0.05) is 17.6 Å². The van der Waals surface area contributed by atoms with Gasteiger partial charge in [0.25, 0.3) is 0 Å². The van der Waals surface area contributed by atoms with Crippen molar-refractivity contribution in [1.29, 1.82) is 0 Å². The molecule has 0 bridgehead atoms. The second-order valence-corrected chi connectivity index (χ2v) is 6.06. The highest BCUT2D eigenvalue weighted by Crippen LogP contribution is 2.28. The normalized spacial score (nSPS) is 28.3. The SMILES string of the molecule is CC(C)C1CCCN1C(C)CC(C)(N)CO. The molecule has 0 aromatic heterocycles. The summed E-state index contributed by atoms with van der Waals surface area (Å²) in [5.41, 5.74) is 5.59. The summed E-state index contributed by atoms with van der Waals surface area (Å²) in [5.74, 6) is 0.711. The van der Waals surface area contributed by atoms with E-state index in [1.165, 1.54) is 19.4 Å². The Bertz CT molecular complexity index is 216. The van der Waals surface area contributed by atoms with Gasteiger partial charge in [-0.15, -0.1) is 0 Å². The maximum atomic E-state index is 9.22. The summed E-state index contributed by atoms with van der Waals surface area (Å²) in [6.45, 7) is 10.0. The van der Waals surface area contributed by atoms with Crippen LogP contribution in [-0.4, -0.2) is 40.8 Å². The fraction of sp³-hybridized carbons (Fsp3) is 1.00. The number of likely N-dealkylation sites (tertiary alicyclic amines) is 1.